The number of nitrogens with zero attached hydrogens (tertiary/aromatic N) is 1. The lowest BCUT2D eigenvalue weighted by Crippen LogP contribution is -2.49. The molecule has 2 aliphatic rings. The van der Waals surface area contributed by atoms with Crippen molar-refractivity contribution in [3.8, 4) is 33.4 Å². The Balaban J connectivity index is 1.23. The largest absolute Gasteiger partial charge is 0.310 e. The van der Waals surface area contributed by atoms with Crippen LogP contribution in [0, 0.1) is 0 Å². The van der Waals surface area contributed by atoms with Crippen molar-refractivity contribution in [1.82, 2.24) is 0 Å². The first-order chi connectivity index (χ1) is 22.8. The number of hydrogen-bond donors (Lipinski definition) is 0. The average molecular weight is 636 g/mol. The smallest absolute Gasteiger partial charge is 0.113 e. The van der Waals surface area contributed by atoms with Gasteiger partial charge >= 0.3 is 0 Å². The Labute approximate surface area is 279 Å². The topological polar surface area (TPSA) is 3.24 Å². The Kier molecular flexibility index (Phi) is 6.18. The third-order valence-corrected chi connectivity index (χ3v) is 17.9. The summed E-state index contributed by atoms with van der Waals surface area (Å²) in [4.78, 5) is 2.51. The van der Waals surface area contributed by atoms with E-state index < -0.39 is 16.1 Å². The van der Waals surface area contributed by atoms with E-state index in [-0.39, 0.29) is 0 Å². The van der Waals surface area contributed by atoms with Crippen molar-refractivity contribution >= 4 is 64.7 Å². The number of anilines is 3. The number of hydrogen-bond acceptors (Lipinski definition) is 1. The van der Waals surface area contributed by atoms with E-state index in [1.165, 1.54) is 71.6 Å². The molecule has 0 radical (unpaired) electrons. The number of benzene rings is 7. The third-order valence-electron chi connectivity index (χ3n) is 10.8. The zero-order valence-electron chi connectivity index (χ0n) is 27.4. The molecule has 0 spiro atoms. The molecule has 9 rings (SSSR count). The van der Waals surface area contributed by atoms with Crippen molar-refractivity contribution in [3.05, 3.63) is 152 Å². The standard InChI is InChI=1S/C44H37NSi2/c1-46(2)41-18-9-7-16-37(41)39-24-22-35(28-43(39)46)45(36-23-25-40-38-17-8-10-19-42(38)47(3,4)44(40)29-36)34-15-11-14-32(27-34)33-21-20-30-12-5-6-13-31(30)26-33/h5-29H,1-4H3. The molecule has 7 aromatic carbocycles. The van der Waals surface area contributed by atoms with E-state index in [2.05, 4.69) is 183 Å². The molecular formula is C44H37NSi2. The van der Waals surface area contributed by atoms with E-state index >= 15 is 0 Å². The summed E-state index contributed by atoms with van der Waals surface area (Å²) in [5.41, 5.74) is 11.7. The van der Waals surface area contributed by atoms with Crippen molar-refractivity contribution in [2.45, 2.75) is 26.2 Å². The molecule has 0 saturated heterocycles. The zero-order valence-corrected chi connectivity index (χ0v) is 29.4. The molecule has 226 valence electrons. The van der Waals surface area contributed by atoms with Gasteiger partial charge in [0.15, 0.2) is 0 Å². The molecule has 0 amide bonds. The second-order valence-electron chi connectivity index (χ2n) is 14.2. The molecule has 0 unspecified atom stereocenters. The van der Waals surface area contributed by atoms with Crippen LogP contribution in [-0.2, 0) is 0 Å². The van der Waals surface area contributed by atoms with Crippen LogP contribution in [0.4, 0.5) is 17.1 Å². The summed E-state index contributed by atoms with van der Waals surface area (Å²) < 4.78 is 0. The van der Waals surface area contributed by atoms with Crippen molar-refractivity contribution in [1.29, 1.82) is 0 Å². The van der Waals surface area contributed by atoms with Gasteiger partial charge in [-0.05, 0) is 107 Å². The maximum Gasteiger partial charge on any atom is 0.113 e. The van der Waals surface area contributed by atoms with Crippen LogP contribution in [0.1, 0.15) is 0 Å². The third kappa shape index (κ3) is 4.27. The molecule has 0 aliphatic carbocycles. The molecule has 2 aliphatic heterocycles. The van der Waals surface area contributed by atoms with Crippen LogP contribution in [-0.4, -0.2) is 16.1 Å². The first-order valence-electron chi connectivity index (χ1n) is 16.7. The van der Waals surface area contributed by atoms with E-state index in [9.17, 15) is 0 Å². The maximum absolute atomic E-state index is 2.51. The maximum atomic E-state index is 2.51. The molecule has 1 nitrogen and oxygen atoms in total. The summed E-state index contributed by atoms with van der Waals surface area (Å²) in [5, 5.41) is 8.67. The summed E-state index contributed by atoms with van der Waals surface area (Å²) in [6, 6.07) is 57.2. The normalized spacial score (nSPS) is 14.7. The average Bonchev–Trinajstić information content (AvgIpc) is 3.48. The molecule has 0 atom stereocenters. The van der Waals surface area contributed by atoms with Crippen LogP contribution >= 0.6 is 0 Å². The highest BCUT2D eigenvalue weighted by Gasteiger charge is 2.39. The fraction of sp³-hybridized carbons (Fsp3) is 0.0909. The van der Waals surface area contributed by atoms with E-state index in [0.29, 0.717) is 0 Å². The van der Waals surface area contributed by atoms with Gasteiger partial charge in [0, 0.05) is 17.1 Å². The summed E-state index contributed by atoms with van der Waals surface area (Å²) in [7, 11) is -3.71. The summed E-state index contributed by atoms with van der Waals surface area (Å²) in [6.45, 7) is 10.0. The molecule has 3 heteroatoms. The predicted octanol–water partition coefficient (Wildman–Crippen LogP) is 9.58. The predicted molar refractivity (Wildman–Crippen MR) is 208 cm³/mol. The summed E-state index contributed by atoms with van der Waals surface area (Å²) in [6.07, 6.45) is 0. The molecule has 0 fully saturated rings. The van der Waals surface area contributed by atoms with Gasteiger partial charge in [-0.1, -0.05) is 135 Å². The lowest BCUT2D eigenvalue weighted by Gasteiger charge is -2.29. The van der Waals surface area contributed by atoms with Gasteiger partial charge in [0.2, 0.25) is 0 Å². The minimum atomic E-state index is -1.85. The van der Waals surface area contributed by atoms with E-state index in [1.54, 1.807) is 10.4 Å². The molecule has 0 aromatic heterocycles. The molecule has 0 saturated carbocycles. The molecule has 7 aromatic rings. The lowest BCUT2D eigenvalue weighted by molar-refractivity contribution is 1.29. The molecule has 0 bridgehead atoms. The van der Waals surface area contributed by atoms with E-state index in [1.807, 2.05) is 0 Å². The van der Waals surface area contributed by atoms with Crippen LogP contribution in [0.2, 0.25) is 26.2 Å². The van der Waals surface area contributed by atoms with Crippen LogP contribution < -0.4 is 25.6 Å². The Bertz CT molecular complexity index is 2280. The first-order valence-corrected chi connectivity index (χ1v) is 22.7. The van der Waals surface area contributed by atoms with Gasteiger partial charge < -0.3 is 4.90 Å². The molecular weight excluding hydrogens is 599 g/mol. The molecule has 2 heterocycles. The number of fused-ring (bicyclic) bond motifs is 7. The summed E-state index contributed by atoms with van der Waals surface area (Å²) >= 11 is 0. The monoisotopic (exact) mass is 635 g/mol. The zero-order chi connectivity index (χ0) is 31.9. The van der Waals surface area contributed by atoms with Crippen molar-refractivity contribution in [3.63, 3.8) is 0 Å². The van der Waals surface area contributed by atoms with Crippen molar-refractivity contribution in [2.75, 3.05) is 4.90 Å². The lowest BCUT2D eigenvalue weighted by atomic mass is 10.00. The van der Waals surface area contributed by atoms with Gasteiger partial charge in [-0.25, -0.2) is 0 Å². The fourth-order valence-corrected chi connectivity index (χ4v) is 14.5. The minimum absolute atomic E-state index is 1.18. The Morgan fingerprint density at radius 3 is 1.45 bits per heavy atom. The quantitative estimate of drug-likeness (QED) is 0.174. The van der Waals surface area contributed by atoms with Crippen LogP contribution in [0.3, 0.4) is 0 Å². The molecule has 47 heavy (non-hydrogen) atoms. The highest BCUT2D eigenvalue weighted by Crippen LogP contribution is 2.40. The first kappa shape index (κ1) is 28.3. The van der Waals surface area contributed by atoms with Gasteiger partial charge in [-0.3, -0.25) is 0 Å². The Morgan fingerprint density at radius 2 is 0.830 bits per heavy atom. The molecule has 0 N–H and O–H groups in total. The van der Waals surface area contributed by atoms with Gasteiger partial charge in [0.05, 0.1) is 0 Å². The van der Waals surface area contributed by atoms with E-state index in [0.717, 1.165) is 0 Å². The highest BCUT2D eigenvalue weighted by molar-refractivity contribution is 7.04. The van der Waals surface area contributed by atoms with Crippen LogP contribution in [0.25, 0.3) is 44.2 Å². The second kappa shape index (κ2) is 10.3. The van der Waals surface area contributed by atoms with E-state index in [4.69, 9.17) is 0 Å². The summed E-state index contributed by atoms with van der Waals surface area (Å²) in [5.74, 6) is 0. The van der Waals surface area contributed by atoms with Gasteiger partial charge in [-0.2, -0.15) is 0 Å². The Morgan fingerprint density at radius 1 is 0.340 bits per heavy atom. The highest BCUT2D eigenvalue weighted by atomic mass is 28.3. The van der Waals surface area contributed by atoms with Gasteiger partial charge in [0.25, 0.3) is 0 Å². The fourth-order valence-electron chi connectivity index (χ4n) is 8.30. The van der Waals surface area contributed by atoms with Crippen LogP contribution in [0.15, 0.2) is 152 Å². The van der Waals surface area contributed by atoms with Crippen molar-refractivity contribution in [2.24, 2.45) is 0 Å². The minimum Gasteiger partial charge on any atom is -0.310 e. The second-order valence-corrected chi connectivity index (χ2v) is 22.9. The van der Waals surface area contributed by atoms with Gasteiger partial charge in [0.1, 0.15) is 16.1 Å². The van der Waals surface area contributed by atoms with Gasteiger partial charge in [-0.15, -0.1) is 0 Å². The number of rotatable bonds is 4. The van der Waals surface area contributed by atoms with Crippen LogP contribution in [0.5, 0.6) is 0 Å². The SMILES string of the molecule is C[Si]1(C)c2ccccc2-c2ccc(N(c3cccc(-c4ccc5ccccc5c4)c3)c3ccc4c(c3)[Si](C)(C)c3ccccc3-4)cc21. The Hall–Kier alpha value is -4.97. The van der Waals surface area contributed by atoms with Crippen molar-refractivity contribution < 1.29 is 0 Å².